The van der Waals surface area contributed by atoms with Gasteiger partial charge in [-0.15, -0.1) is 11.8 Å². The van der Waals surface area contributed by atoms with Crippen molar-refractivity contribution in [1.82, 2.24) is 0 Å². The van der Waals surface area contributed by atoms with E-state index in [1.165, 1.54) is 16.0 Å². The van der Waals surface area contributed by atoms with Gasteiger partial charge in [0.15, 0.2) is 0 Å². The lowest BCUT2D eigenvalue weighted by molar-refractivity contribution is 1.38. The minimum absolute atomic E-state index is 0.673. The second kappa shape index (κ2) is 5.58. The first-order valence-corrected chi connectivity index (χ1v) is 5.66. The Labute approximate surface area is 92.9 Å². The van der Waals surface area contributed by atoms with Crippen molar-refractivity contribution in [2.45, 2.75) is 11.8 Å². The molecule has 0 aliphatic rings. The Morgan fingerprint density at radius 3 is 2.54 bits per heavy atom. The molecule has 70 valence electrons. The summed E-state index contributed by atoms with van der Waals surface area (Å²) < 4.78 is 0. The van der Waals surface area contributed by atoms with Crippen LogP contribution < -0.4 is 0 Å². The van der Waals surface area contributed by atoms with Crippen molar-refractivity contribution in [3.63, 3.8) is 0 Å². The van der Waals surface area contributed by atoms with E-state index in [-0.39, 0.29) is 0 Å². The normalized spacial score (nSPS) is 11.8. The minimum atomic E-state index is 0.673. The van der Waals surface area contributed by atoms with Gasteiger partial charge in [0.1, 0.15) is 0 Å². The van der Waals surface area contributed by atoms with E-state index in [2.05, 4.69) is 31.2 Å². The van der Waals surface area contributed by atoms with Crippen LogP contribution in [0.2, 0.25) is 0 Å². The van der Waals surface area contributed by atoms with Gasteiger partial charge in [-0.3, -0.25) is 0 Å². The molecule has 0 unspecified atom stereocenters. The molecular weight excluding hydrogens is 223 g/mol. The van der Waals surface area contributed by atoms with Gasteiger partial charge >= 0.3 is 0 Å². The van der Waals surface area contributed by atoms with Gasteiger partial charge in [0, 0.05) is 21.2 Å². The Bertz CT molecular complexity index is 290. The van der Waals surface area contributed by atoms with Gasteiger partial charge in [-0.05, 0) is 19.1 Å². The van der Waals surface area contributed by atoms with Crippen LogP contribution in [0.15, 0.2) is 39.7 Å². The zero-order valence-electron chi connectivity index (χ0n) is 7.26. The molecule has 0 saturated heterocycles. The molecule has 0 heterocycles. The van der Waals surface area contributed by atoms with E-state index in [0.717, 1.165) is 5.75 Å². The summed E-state index contributed by atoms with van der Waals surface area (Å²) in [7, 11) is 0. The fourth-order valence-corrected chi connectivity index (χ4v) is 1.87. The zero-order chi connectivity index (χ0) is 9.68. The molecule has 0 radical (unpaired) electrons. The van der Waals surface area contributed by atoms with Crippen molar-refractivity contribution in [1.29, 1.82) is 0 Å². The van der Waals surface area contributed by atoms with Gasteiger partial charge in [-0.2, -0.15) is 0 Å². The van der Waals surface area contributed by atoms with E-state index in [1.807, 2.05) is 0 Å². The first kappa shape index (κ1) is 11.0. The summed E-state index contributed by atoms with van der Waals surface area (Å²) >= 11 is 12.9. The third kappa shape index (κ3) is 4.08. The second-order valence-corrected chi connectivity index (χ2v) is 4.41. The number of aryl methyl sites for hydroxylation is 1. The second-order valence-electron chi connectivity index (χ2n) is 2.66. The molecule has 0 amide bonds. The lowest BCUT2D eigenvalue weighted by Gasteiger charge is -2.00. The van der Waals surface area contributed by atoms with Crippen LogP contribution in [0, 0.1) is 6.92 Å². The van der Waals surface area contributed by atoms with Crippen LogP contribution in [0.4, 0.5) is 0 Å². The van der Waals surface area contributed by atoms with Crippen LogP contribution in [0.3, 0.4) is 0 Å². The van der Waals surface area contributed by atoms with Gasteiger partial charge in [0.2, 0.25) is 0 Å². The summed E-state index contributed by atoms with van der Waals surface area (Å²) in [6.45, 7) is 2.07. The van der Waals surface area contributed by atoms with Crippen LogP contribution in [0.25, 0.3) is 0 Å². The van der Waals surface area contributed by atoms with E-state index < -0.39 is 0 Å². The molecule has 0 bridgehead atoms. The molecule has 3 heteroatoms. The van der Waals surface area contributed by atoms with Gasteiger partial charge in [0.25, 0.3) is 0 Å². The maximum absolute atomic E-state index is 5.75. The maximum Gasteiger partial charge on any atom is 0.0396 e. The summed E-state index contributed by atoms with van der Waals surface area (Å²) in [6, 6.07) is 8.33. The van der Waals surface area contributed by atoms with Crippen molar-refractivity contribution in [3.8, 4) is 0 Å². The van der Waals surface area contributed by atoms with Crippen molar-refractivity contribution < 1.29 is 0 Å². The van der Waals surface area contributed by atoms with Gasteiger partial charge in [-0.25, -0.2) is 0 Å². The van der Waals surface area contributed by atoms with Gasteiger partial charge in [0.05, 0.1) is 0 Å². The molecule has 13 heavy (non-hydrogen) atoms. The monoisotopic (exact) mass is 232 g/mol. The van der Waals surface area contributed by atoms with Crippen molar-refractivity contribution in [3.05, 3.63) is 40.4 Å². The lowest BCUT2D eigenvalue weighted by atomic mass is 10.2. The standard InChI is InChI=1S/C10H10Cl2S/c1-8-2-4-10(5-3-8)13-7-9(12)6-11/h2-6H,7H2,1H3/b9-6-. The summed E-state index contributed by atoms with van der Waals surface area (Å²) in [4.78, 5) is 1.21. The molecule has 1 aromatic rings. The Morgan fingerprint density at radius 2 is 2.00 bits per heavy atom. The third-order valence-corrected chi connectivity index (χ3v) is 3.35. The highest BCUT2D eigenvalue weighted by Crippen LogP contribution is 2.22. The van der Waals surface area contributed by atoms with Crippen LogP contribution in [-0.4, -0.2) is 5.75 Å². The fraction of sp³-hybridized carbons (Fsp3) is 0.200. The van der Waals surface area contributed by atoms with E-state index in [4.69, 9.17) is 23.2 Å². The molecule has 0 N–H and O–H groups in total. The number of thioether (sulfide) groups is 1. The third-order valence-electron chi connectivity index (χ3n) is 1.52. The van der Waals surface area contributed by atoms with E-state index in [9.17, 15) is 0 Å². The first-order chi connectivity index (χ1) is 6.22. The molecule has 0 atom stereocenters. The summed E-state index contributed by atoms with van der Waals surface area (Å²) in [6.07, 6.45) is 0. The van der Waals surface area contributed by atoms with Crippen molar-refractivity contribution in [2.75, 3.05) is 5.75 Å². The van der Waals surface area contributed by atoms with Gasteiger partial charge in [-0.1, -0.05) is 40.9 Å². The number of halogens is 2. The average molecular weight is 233 g/mol. The molecule has 0 aliphatic carbocycles. The molecule has 0 aromatic heterocycles. The molecule has 0 spiro atoms. The van der Waals surface area contributed by atoms with Crippen LogP contribution >= 0.6 is 35.0 Å². The average Bonchev–Trinajstić information content (AvgIpc) is 2.16. The highest BCUT2D eigenvalue weighted by Gasteiger charge is 1.95. The Hall–Kier alpha value is -0.110. The van der Waals surface area contributed by atoms with Crippen molar-refractivity contribution >= 4 is 35.0 Å². The maximum atomic E-state index is 5.75. The highest BCUT2D eigenvalue weighted by molar-refractivity contribution is 7.99. The predicted octanol–water partition coefficient (Wildman–Crippen LogP) is 4.41. The number of hydrogen-bond donors (Lipinski definition) is 0. The van der Waals surface area contributed by atoms with E-state index in [0.29, 0.717) is 5.03 Å². The molecule has 0 nitrogen and oxygen atoms in total. The smallest absolute Gasteiger partial charge is 0.0396 e. The largest absolute Gasteiger partial charge is 0.120 e. The van der Waals surface area contributed by atoms with Crippen LogP contribution in [0.1, 0.15) is 5.56 Å². The number of benzene rings is 1. The minimum Gasteiger partial charge on any atom is -0.120 e. The zero-order valence-corrected chi connectivity index (χ0v) is 9.59. The summed E-state index contributed by atoms with van der Waals surface area (Å²) in [5.74, 6) is 0.730. The molecule has 0 fully saturated rings. The van der Waals surface area contributed by atoms with Crippen LogP contribution in [0.5, 0.6) is 0 Å². The molecule has 0 aliphatic heterocycles. The predicted molar refractivity (Wildman–Crippen MR) is 61.7 cm³/mol. The lowest BCUT2D eigenvalue weighted by Crippen LogP contribution is -1.78. The van der Waals surface area contributed by atoms with E-state index in [1.54, 1.807) is 11.8 Å². The number of rotatable bonds is 3. The van der Waals surface area contributed by atoms with Gasteiger partial charge < -0.3 is 0 Å². The Kier molecular flexibility index (Phi) is 4.71. The molecule has 1 aromatic carbocycles. The van der Waals surface area contributed by atoms with E-state index >= 15 is 0 Å². The van der Waals surface area contributed by atoms with Crippen molar-refractivity contribution in [2.24, 2.45) is 0 Å². The SMILES string of the molecule is Cc1ccc(SC/C(Cl)=C/Cl)cc1. The fourth-order valence-electron chi connectivity index (χ4n) is 0.818. The molecule has 1 rings (SSSR count). The number of hydrogen-bond acceptors (Lipinski definition) is 1. The molecular formula is C10H10Cl2S. The Balaban J connectivity index is 2.51. The highest BCUT2D eigenvalue weighted by atomic mass is 35.5. The van der Waals surface area contributed by atoms with Crippen LogP contribution in [-0.2, 0) is 0 Å². The summed E-state index contributed by atoms with van der Waals surface area (Å²) in [5.41, 5.74) is 2.67. The first-order valence-electron chi connectivity index (χ1n) is 3.86. The summed E-state index contributed by atoms with van der Waals surface area (Å²) in [5, 5.41) is 0.673. The topological polar surface area (TPSA) is 0 Å². The quantitative estimate of drug-likeness (QED) is 0.697. The Morgan fingerprint density at radius 1 is 1.38 bits per heavy atom. The molecule has 0 saturated carbocycles.